The topological polar surface area (TPSA) is 45.4 Å². The molecule has 1 aromatic heterocycles. The van der Waals surface area contributed by atoms with Crippen molar-refractivity contribution < 1.29 is 4.52 Å². The maximum atomic E-state index is 5.45. The largest absolute Gasteiger partial charge is 0.339 e. The fourth-order valence-electron chi connectivity index (χ4n) is 3.71. The van der Waals surface area contributed by atoms with Crippen LogP contribution in [0.25, 0.3) is 11.4 Å². The third kappa shape index (κ3) is 4.43. The Morgan fingerprint density at radius 2 is 1.74 bits per heavy atom. The van der Waals surface area contributed by atoms with Crippen LogP contribution in [0.4, 0.5) is 0 Å². The SMILES string of the molecule is CN1CCN(CCCc2nc(-c3ccccc3)no2)C(c2ccccc2)C1. The van der Waals surface area contributed by atoms with Gasteiger partial charge in [-0.1, -0.05) is 65.8 Å². The van der Waals surface area contributed by atoms with Crippen molar-refractivity contribution in [3.8, 4) is 11.4 Å². The number of aromatic nitrogens is 2. The molecule has 0 spiro atoms. The molecule has 1 atom stereocenters. The quantitative estimate of drug-likeness (QED) is 0.670. The van der Waals surface area contributed by atoms with Gasteiger partial charge in [0.1, 0.15) is 0 Å². The Bertz CT molecular complexity index is 834. The van der Waals surface area contributed by atoms with E-state index in [1.165, 1.54) is 5.56 Å². The molecule has 140 valence electrons. The first-order valence-electron chi connectivity index (χ1n) is 9.65. The van der Waals surface area contributed by atoms with E-state index in [4.69, 9.17) is 4.52 Å². The van der Waals surface area contributed by atoms with Gasteiger partial charge in [-0.15, -0.1) is 0 Å². The van der Waals surface area contributed by atoms with E-state index in [0.29, 0.717) is 11.9 Å². The van der Waals surface area contributed by atoms with E-state index in [-0.39, 0.29) is 0 Å². The van der Waals surface area contributed by atoms with Gasteiger partial charge in [-0.2, -0.15) is 4.98 Å². The van der Waals surface area contributed by atoms with E-state index in [1.807, 2.05) is 30.3 Å². The van der Waals surface area contributed by atoms with Gasteiger partial charge in [0, 0.05) is 37.7 Å². The zero-order valence-electron chi connectivity index (χ0n) is 15.8. The summed E-state index contributed by atoms with van der Waals surface area (Å²) in [6.45, 7) is 4.32. The molecule has 27 heavy (non-hydrogen) atoms. The number of likely N-dealkylation sites (N-methyl/N-ethyl adjacent to an activating group) is 1. The second kappa shape index (κ2) is 8.46. The first kappa shape index (κ1) is 17.9. The molecule has 0 radical (unpaired) electrons. The highest BCUT2D eigenvalue weighted by Gasteiger charge is 2.26. The van der Waals surface area contributed by atoms with E-state index >= 15 is 0 Å². The molecule has 3 aromatic rings. The van der Waals surface area contributed by atoms with Gasteiger partial charge in [0.15, 0.2) is 0 Å². The Morgan fingerprint density at radius 1 is 1.00 bits per heavy atom. The van der Waals surface area contributed by atoms with Crippen LogP contribution in [0.5, 0.6) is 0 Å². The molecule has 1 saturated heterocycles. The van der Waals surface area contributed by atoms with E-state index < -0.39 is 0 Å². The van der Waals surface area contributed by atoms with Crippen LogP contribution in [-0.2, 0) is 6.42 Å². The molecule has 1 fully saturated rings. The molecule has 5 heteroatoms. The second-order valence-corrected chi connectivity index (χ2v) is 7.21. The van der Waals surface area contributed by atoms with Crippen LogP contribution in [-0.4, -0.2) is 53.2 Å². The van der Waals surface area contributed by atoms with Crippen molar-refractivity contribution in [1.29, 1.82) is 0 Å². The van der Waals surface area contributed by atoms with Gasteiger partial charge in [0.25, 0.3) is 0 Å². The lowest BCUT2D eigenvalue weighted by Crippen LogP contribution is -2.47. The summed E-state index contributed by atoms with van der Waals surface area (Å²) in [5.41, 5.74) is 2.39. The van der Waals surface area contributed by atoms with Crippen molar-refractivity contribution in [2.45, 2.75) is 18.9 Å². The van der Waals surface area contributed by atoms with Crippen LogP contribution >= 0.6 is 0 Å². The average molecular weight is 362 g/mol. The molecule has 1 aliphatic heterocycles. The highest BCUT2D eigenvalue weighted by molar-refractivity contribution is 5.53. The summed E-state index contributed by atoms with van der Waals surface area (Å²) < 4.78 is 5.45. The van der Waals surface area contributed by atoms with Gasteiger partial charge in [-0.3, -0.25) is 4.90 Å². The maximum absolute atomic E-state index is 5.45. The van der Waals surface area contributed by atoms with Crippen LogP contribution in [0.3, 0.4) is 0 Å². The maximum Gasteiger partial charge on any atom is 0.227 e. The summed E-state index contributed by atoms with van der Waals surface area (Å²) in [5.74, 6) is 1.40. The number of nitrogens with zero attached hydrogens (tertiary/aromatic N) is 4. The van der Waals surface area contributed by atoms with Crippen molar-refractivity contribution in [3.05, 3.63) is 72.1 Å². The van der Waals surface area contributed by atoms with Crippen LogP contribution in [0.15, 0.2) is 65.2 Å². The van der Waals surface area contributed by atoms with E-state index in [1.54, 1.807) is 0 Å². The van der Waals surface area contributed by atoms with Crippen molar-refractivity contribution in [3.63, 3.8) is 0 Å². The molecule has 1 aliphatic rings. The second-order valence-electron chi connectivity index (χ2n) is 7.21. The number of benzene rings is 2. The Balaban J connectivity index is 1.36. The lowest BCUT2D eigenvalue weighted by atomic mass is 10.0. The molecule has 1 unspecified atom stereocenters. The van der Waals surface area contributed by atoms with Gasteiger partial charge < -0.3 is 9.42 Å². The fraction of sp³-hybridized carbons (Fsp3) is 0.364. The molecule has 0 N–H and O–H groups in total. The van der Waals surface area contributed by atoms with E-state index in [9.17, 15) is 0 Å². The lowest BCUT2D eigenvalue weighted by molar-refractivity contribution is 0.0883. The summed E-state index contributed by atoms with van der Waals surface area (Å²) in [7, 11) is 2.21. The summed E-state index contributed by atoms with van der Waals surface area (Å²) in [6, 6.07) is 21.2. The molecule has 0 bridgehead atoms. The summed E-state index contributed by atoms with van der Waals surface area (Å²) in [6.07, 6.45) is 1.83. The first-order chi connectivity index (χ1) is 13.3. The number of hydrogen-bond acceptors (Lipinski definition) is 5. The smallest absolute Gasteiger partial charge is 0.227 e. The molecule has 0 aliphatic carbocycles. The molecule has 2 aromatic carbocycles. The molecule has 0 saturated carbocycles. The monoisotopic (exact) mass is 362 g/mol. The molecule has 4 rings (SSSR count). The summed E-state index contributed by atoms with van der Waals surface area (Å²) in [4.78, 5) is 9.55. The Kier molecular flexibility index (Phi) is 5.61. The van der Waals surface area contributed by atoms with Crippen molar-refractivity contribution in [2.75, 3.05) is 33.2 Å². The van der Waals surface area contributed by atoms with Crippen LogP contribution in [0.1, 0.15) is 23.9 Å². The van der Waals surface area contributed by atoms with Crippen LogP contribution in [0.2, 0.25) is 0 Å². The minimum absolute atomic E-state index is 0.451. The van der Waals surface area contributed by atoms with Gasteiger partial charge in [0.2, 0.25) is 11.7 Å². The molecule has 5 nitrogen and oxygen atoms in total. The Labute approximate surface area is 160 Å². The Morgan fingerprint density at radius 3 is 2.52 bits per heavy atom. The van der Waals surface area contributed by atoms with Crippen LogP contribution in [0, 0.1) is 0 Å². The third-order valence-corrected chi connectivity index (χ3v) is 5.21. The molecular formula is C22H26N4O. The zero-order valence-corrected chi connectivity index (χ0v) is 15.8. The molecule has 2 heterocycles. The minimum atomic E-state index is 0.451. The summed E-state index contributed by atoms with van der Waals surface area (Å²) in [5, 5.41) is 4.12. The number of piperazine rings is 1. The predicted molar refractivity (Wildman–Crippen MR) is 106 cm³/mol. The highest BCUT2D eigenvalue weighted by Crippen LogP contribution is 2.25. The number of hydrogen-bond donors (Lipinski definition) is 0. The van der Waals surface area contributed by atoms with Crippen molar-refractivity contribution in [2.24, 2.45) is 0 Å². The average Bonchev–Trinajstić information content (AvgIpc) is 3.19. The van der Waals surface area contributed by atoms with Gasteiger partial charge in [-0.25, -0.2) is 0 Å². The number of rotatable bonds is 6. The standard InChI is InChI=1S/C22H26N4O/c1-25-15-16-26(20(17-25)18-9-4-2-5-10-18)14-8-13-21-23-22(24-27-21)19-11-6-3-7-12-19/h2-7,9-12,20H,8,13-17H2,1H3. The van der Waals surface area contributed by atoms with Crippen molar-refractivity contribution in [1.82, 2.24) is 19.9 Å². The zero-order chi connectivity index (χ0) is 18.5. The normalized spacial score (nSPS) is 18.6. The Hall–Kier alpha value is -2.50. The number of aryl methyl sites for hydroxylation is 1. The molecule has 0 amide bonds. The fourth-order valence-corrected chi connectivity index (χ4v) is 3.71. The van der Waals surface area contributed by atoms with Gasteiger partial charge in [-0.05, 0) is 25.6 Å². The predicted octanol–water partition coefficient (Wildman–Crippen LogP) is 3.66. The van der Waals surface area contributed by atoms with Gasteiger partial charge >= 0.3 is 0 Å². The van der Waals surface area contributed by atoms with Crippen LogP contribution < -0.4 is 0 Å². The third-order valence-electron chi connectivity index (χ3n) is 5.21. The summed E-state index contributed by atoms with van der Waals surface area (Å²) >= 11 is 0. The van der Waals surface area contributed by atoms with E-state index in [2.05, 4.69) is 57.3 Å². The molecular weight excluding hydrogens is 336 g/mol. The van der Waals surface area contributed by atoms with E-state index in [0.717, 1.165) is 50.5 Å². The van der Waals surface area contributed by atoms with Crippen molar-refractivity contribution >= 4 is 0 Å². The van der Waals surface area contributed by atoms with Gasteiger partial charge in [0.05, 0.1) is 0 Å². The first-order valence-corrected chi connectivity index (χ1v) is 9.65. The highest BCUT2D eigenvalue weighted by atomic mass is 16.5. The lowest BCUT2D eigenvalue weighted by Gasteiger charge is -2.40. The minimum Gasteiger partial charge on any atom is -0.339 e.